The fourth-order valence-corrected chi connectivity index (χ4v) is 3.74. The summed E-state index contributed by atoms with van der Waals surface area (Å²) in [4.78, 5) is 17.3. The van der Waals surface area contributed by atoms with Gasteiger partial charge in [0.05, 0.1) is 30.7 Å². The molecule has 1 N–H and O–H groups in total. The van der Waals surface area contributed by atoms with E-state index in [1.807, 2.05) is 55.5 Å². The third kappa shape index (κ3) is 4.41. The average Bonchev–Trinajstić information content (AvgIpc) is 3.43. The van der Waals surface area contributed by atoms with Gasteiger partial charge in [-0.2, -0.15) is 0 Å². The number of nitrogens with one attached hydrogen (secondary N) is 1. The summed E-state index contributed by atoms with van der Waals surface area (Å²) < 4.78 is 18.7. The molecule has 0 aliphatic carbocycles. The van der Waals surface area contributed by atoms with E-state index in [1.165, 1.54) is 0 Å². The fraction of sp³-hybridized carbons (Fsp3) is 0.391. The minimum Gasteiger partial charge on any atom is -0.497 e. The molecule has 1 aromatic heterocycles. The Bertz CT molecular complexity index is 993. The quantitative estimate of drug-likeness (QED) is 0.617. The highest BCUT2D eigenvalue weighted by Crippen LogP contribution is 2.22. The number of para-hydroxylation sites is 2. The van der Waals surface area contributed by atoms with Gasteiger partial charge in [0.15, 0.2) is 0 Å². The molecule has 1 aliphatic heterocycles. The summed E-state index contributed by atoms with van der Waals surface area (Å²) in [7, 11) is 1.64. The van der Waals surface area contributed by atoms with Crippen LogP contribution in [0.15, 0.2) is 48.5 Å². The second-order valence-corrected chi connectivity index (χ2v) is 7.37. The number of hydrogen-bond donors (Lipinski definition) is 1. The molecule has 158 valence electrons. The Kier molecular flexibility index (Phi) is 6.18. The van der Waals surface area contributed by atoms with Crippen molar-refractivity contribution in [2.24, 2.45) is 0 Å². The molecule has 2 atom stereocenters. The monoisotopic (exact) mass is 409 g/mol. The van der Waals surface area contributed by atoms with E-state index in [2.05, 4.69) is 9.88 Å². The molecule has 2 heterocycles. The van der Waals surface area contributed by atoms with Gasteiger partial charge in [-0.15, -0.1) is 0 Å². The Morgan fingerprint density at radius 3 is 2.73 bits per heavy atom. The molecule has 0 spiro atoms. The standard InChI is InChI=1S/C23H27N3O4/c1-16(24-23(27)21-8-5-14-30-21)22-25-19-6-3-4-7-20(19)26(22)13-15-29-18-11-9-17(28-2)10-12-18/h3-4,6-7,9-12,16,21H,5,8,13-15H2,1-2H3,(H,24,27). The van der Waals surface area contributed by atoms with Gasteiger partial charge in [-0.1, -0.05) is 12.1 Å². The molecule has 0 radical (unpaired) electrons. The summed E-state index contributed by atoms with van der Waals surface area (Å²) in [5.41, 5.74) is 1.92. The van der Waals surface area contributed by atoms with Crippen LogP contribution >= 0.6 is 0 Å². The number of ether oxygens (including phenoxy) is 3. The van der Waals surface area contributed by atoms with Crippen molar-refractivity contribution in [3.05, 3.63) is 54.4 Å². The number of rotatable bonds is 8. The number of fused-ring (bicyclic) bond motifs is 1. The van der Waals surface area contributed by atoms with Crippen molar-refractivity contribution in [1.82, 2.24) is 14.9 Å². The number of benzene rings is 2. The predicted molar refractivity (Wildman–Crippen MR) is 114 cm³/mol. The third-order valence-electron chi connectivity index (χ3n) is 5.30. The van der Waals surface area contributed by atoms with E-state index in [9.17, 15) is 4.79 Å². The normalized spacial score (nSPS) is 17.1. The number of hydrogen-bond acceptors (Lipinski definition) is 5. The van der Waals surface area contributed by atoms with Gasteiger partial charge in [0.2, 0.25) is 5.91 Å². The number of amides is 1. The van der Waals surface area contributed by atoms with Crippen molar-refractivity contribution >= 4 is 16.9 Å². The number of aromatic nitrogens is 2. The molecule has 1 fully saturated rings. The van der Waals surface area contributed by atoms with E-state index < -0.39 is 0 Å². The largest absolute Gasteiger partial charge is 0.497 e. The number of imidazole rings is 1. The second-order valence-electron chi connectivity index (χ2n) is 7.37. The maximum atomic E-state index is 12.5. The van der Waals surface area contributed by atoms with E-state index in [4.69, 9.17) is 19.2 Å². The van der Waals surface area contributed by atoms with E-state index in [0.717, 1.165) is 41.2 Å². The molecule has 7 nitrogen and oxygen atoms in total. The molecular formula is C23H27N3O4. The molecule has 0 saturated carbocycles. The summed E-state index contributed by atoms with van der Waals surface area (Å²) in [6.45, 7) is 3.69. The SMILES string of the molecule is COc1ccc(OCCn2c(C(C)NC(=O)C3CCCO3)nc3ccccc32)cc1. The number of carbonyl (C=O) groups excluding carboxylic acids is 1. The maximum Gasteiger partial charge on any atom is 0.249 e. The fourth-order valence-electron chi connectivity index (χ4n) is 3.74. The Labute approximate surface area is 176 Å². The topological polar surface area (TPSA) is 74.6 Å². The van der Waals surface area contributed by atoms with Gasteiger partial charge in [-0.05, 0) is 56.2 Å². The van der Waals surface area contributed by atoms with Crippen LogP contribution in [0, 0.1) is 0 Å². The first kappa shape index (κ1) is 20.2. The summed E-state index contributed by atoms with van der Waals surface area (Å²) in [5.74, 6) is 2.30. The smallest absolute Gasteiger partial charge is 0.249 e. The lowest BCUT2D eigenvalue weighted by Gasteiger charge is -2.18. The first-order chi connectivity index (χ1) is 14.7. The molecule has 1 amide bonds. The van der Waals surface area contributed by atoms with Crippen LogP contribution in [0.25, 0.3) is 11.0 Å². The van der Waals surface area contributed by atoms with Gasteiger partial charge in [0.1, 0.15) is 30.0 Å². The molecule has 3 aromatic rings. The van der Waals surface area contributed by atoms with Crippen molar-refractivity contribution in [2.75, 3.05) is 20.3 Å². The highest BCUT2D eigenvalue weighted by molar-refractivity contribution is 5.81. The highest BCUT2D eigenvalue weighted by Gasteiger charge is 2.26. The lowest BCUT2D eigenvalue weighted by Crippen LogP contribution is -2.36. The van der Waals surface area contributed by atoms with Gasteiger partial charge < -0.3 is 24.1 Å². The van der Waals surface area contributed by atoms with E-state index in [1.54, 1.807) is 7.11 Å². The Morgan fingerprint density at radius 1 is 1.23 bits per heavy atom. The van der Waals surface area contributed by atoms with Crippen molar-refractivity contribution in [3.8, 4) is 11.5 Å². The van der Waals surface area contributed by atoms with Gasteiger partial charge >= 0.3 is 0 Å². The minimum absolute atomic E-state index is 0.0758. The molecule has 1 saturated heterocycles. The molecule has 4 rings (SSSR count). The van der Waals surface area contributed by atoms with Crippen LogP contribution in [0.1, 0.15) is 31.6 Å². The summed E-state index contributed by atoms with van der Waals surface area (Å²) in [6, 6.07) is 15.2. The summed E-state index contributed by atoms with van der Waals surface area (Å²) >= 11 is 0. The van der Waals surface area contributed by atoms with Crippen LogP contribution in [0.3, 0.4) is 0 Å². The van der Waals surface area contributed by atoms with Gasteiger partial charge in [-0.3, -0.25) is 4.79 Å². The summed E-state index contributed by atoms with van der Waals surface area (Å²) in [5, 5.41) is 3.06. The van der Waals surface area contributed by atoms with Crippen molar-refractivity contribution in [3.63, 3.8) is 0 Å². The molecule has 7 heteroatoms. The van der Waals surface area contributed by atoms with Crippen molar-refractivity contribution in [2.45, 2.75) is 38.5 Å². The van der Waals surface area contributed by atoms with E-state index >= 15 is 0 Å². The maximum absolute atomic E-state index is 12.5. The van der Waals surface area contributed by atoms with E-state index in [-0.39, 0.29) is 18.1 Å². The third-order valence-corrected chi connectivity index (χ3v) is 5.30. The zero-order valence-corrected chi connectivity index (χ0v) is 17.3. The highest BCUT2D eigenvalue weighted by atomic mass is 16.5. The molecule has 1 aliphatic rings. The second kappa shape index (κ2) is 9.17. The number of nitrogens with zero attached hydrogens (tertiary/aromatic N) is 2. The zero-order chi connectivity index (χ0) is 20.9. The van der Waals surface area contributed by atoms with Crippen molar-refractivity contribution < 1.29 is 19.0 Å². The van der Waals surface area contributed by atoms with Crippen LogP contribution < -0.4 is 14.8 Å². The minimum atomic E-state index is -0.358. The van der Waals surface area contributed by atoms with Crippen LogP contribution in [0.5, 0.6) is 11.5 Å². The van der Waals surface area contributed by atoms with Gasteiger partial charge in [0, 0.05) is 6.61 Å². The van der Waals surface area contributed by atoms with Gasteiger partial charge in [0.25, 0.3) is 0 Å². The van der Waals surface area contributed by atoms with Crippen LogP contribution in [0.4, 0.5) is 0 Å². The Morgan fingerprint density at radius 2 is 2.00 bits per heavy atom. The molecule has 2 aromatic carbocycles. The van der Waals surface area contributed by atoms with Crippen molar-refractivity contribution in [1.29, 1.82) is 0 Å². The first-order valence-corrected chi connectivity index (χ1v) is 10.3. The molecular weight excluding hydrogens is 382 g/mol. The lowest BCUT2D eigenvalue weighted by atomic mass is 10.2. The predicted octanol–water partition coefficient (Wildman–Crippen LogP) is 3.48. The molecule has 0 bridgehead atoms. The number of methoxy groups -OCH3 is 1. The van der Waals surface area contributed by atoms with Crippen LogP contribution in [0.2, 0.25) is 0 Å². The van der Waals surface area contributed by atoms with Gasteiger partial charge in [-0.25, -0.2) is 4.98 Å². The van der Waals surface area contributed by atoms with E-state index in [0.29, 0.717) is 19.8 Å². The lowest BCUT2D eigenvalue weighted by molar-refractivity contribution is -0.130. The number of carbonyl (C=O) groups is 1. The Hall–Kier alpha value is -3.06. The first-order valence-electron chi connectivity index (χ1n) is 10.3. The zero-order valence-electron chi connectivity index (χ0n) is 17.3. The summed E-state index contributed by atoms with van der Waals surface area (Å²) in [6.07, 6.45) is 1.34. The Balaban J connectivity index is 1.48. The van der Waals surface area contributed by atoms with Crippen LogP contribution in [-0.4, -0.2) is 41.9 Å². The van der Waals surface area contributed by atoms with Crippen LogP contribution in [-0.2, 0) is 16.1 Å². The molecule has 30 heavy (non-hydrogen) atoms. The molecule has 2 unspecified atom stereocenters. The average molecular weight is 409 g/mol.